The summed E-state index contributed by atoms with van der Waals surface area (Å²) in [6.45, 7) is 0. The summed E-state index contributed by atoms with van der Waals surface area (Å²) >= 11 is 0. The molecule has 1 aromatic rings. The second-order valence-electron chi connectivity index (χ2n) is 2.60. The van der Waals surface area contributed by atoms with Crippen LogP contribution >= 0.6 is 0 Å². The summed E-state index contributed by atoms with van der Waals surface area (Å²) in [7, 11) is 0. The molecule has 0 unspecified atom stereocenters. The maximum atomic E-state index is 10.4. The van der Waals surface area contributed by atoms with Gasteiger partial charge in [-0.15, -0.1) is 0 Å². The minimum Gasteiger partial charge on any atom is -1.00 e. The zero-order valence-electron chi connectivity index (χ0n) is 10.6. The summed E-state index contributed by atoms with van der Waals surface area (Å²) in [5.41, 5.74) is -3.00. The van der Waals surface area contributed by atoms with Crippen molar-refractivity contribution in [3.8, 4) is 5.75 Å². The maximum Gasteiger partial charge on any atom is 2.00 e. The minimum absolute atomic E-state index is 0. The molecule has 0 amide bonds. The van der Waals surface area contributed by atoms with Gasteiger partial charge >= 0.3 is 49.1 Å². The van der Waals surface area contributed by atoms with Crippen molar-refractivity contribution in [3.05, 3.63) is 42.5 Å². The molecule has 96 valence electrons. The molecule has 0 aliphatic rings. The van der Waals surface area contributed by atoms with Crippen LogP contribution in [0.3, 0.4) is 0 Å². The van der Waals surface area contributed by atoms with Crippen molar-refractivity contribution in [1.82, 2.24) is 0 Å². The summed E-state index contributed by atoms with van der Waals surface area (Å²) in [6, 6.07) is 0.894. The van der Waals surface area contributed by atoms with E-state index in [2.05, 4.69) is 0 Å². The Morgan fingerprint density at radius 2 is 1.28 bits per heavy atom. The van der Waals surface area contributed by atoms with Gasteiger partial charge in [0.15, 0.2) is 0 Å². The van der Waals surface area contributed by atoms with Gasteiger partial charge in [0.25, 0.3) is 11.4 Å². The Kier molecular flexibility index (Phi) is 7.31. The average Bonchev–Trinajstić information content (AvgIpc) is 2.16. The Hall–Kier alpha value is -1.56. The van der Waals surface area contributed by atoms with Crippen LogP contribution in [0, 0.1) is 30.3 Å². The van der Waals surface area contributed by atoms with Crippen molar-refractivity contribution >= 4 is 54.8 Å². The van der Waals surface area contributed by atoms with E-state index in [-0.39, 0.29) is 46.1 Å². The number of rotatable bonds is 3. The Labute approximate surface area is 131 Å². The van der Waals surface area contributed by atoms with Gasteiger partial charge in [0.2, 0.25) is 0 Å². The Balaban J connectivity index is -0.000000320. The molecule has 0 fully saturated rings. The summed E-state index contributed by atoms with van der Waals surface area (Å²) < 4.78 is 0. The molecule has 11 nitrogen and oxygen atoms in total. The van der Waals surface area contributed by atoms with Crippen molar-refractivity contribution < 1.29 is 28.2 Å². The van der Waals surface area contributed by atoms with Gasteiger partial charge in [0, 0.05) is 0 Å². The van der Waals surface area contributed by atoms with Crippen molar-refractivity contribution in [2.75, 3.05) is 0 Å². The third-order valence-corrected chi connectivity index (χ3v) is 1.66. The first-order valence-electron chi connectivity index (χ1n) is 3.64. The maximum absolute atomic E-state index is 10.4. The van der Waals surface area contributed by atoms with Crippen molar-refractivity contribution in [2.24, 2.45) is 0 Å². The SMILES string of the molecule is O.O=[N+]([O-])c1cc([N+](=O)[O-])c(O)c([N+](=O)[O-])c1.[Ca+2].[H-].[H-]. The molecule has 0 heterocycles. The third-order valence-electron chi connectivity index (χ3n) is 1.66. The van der Waals surface area contributed by atoms with E-state index in [1.165, 1.54) is 0 Å². The molecule has 1 rings (SSSR count). The fourth-order valence-corrected chi connectivity index (χ4v) is 0.974. The number of phenolic OH excluding ortho intramolecular Hbond substituents is 1. The van der Waals surface area contributed by atoms with Gasteiger partial charge in [0.1, 0.15) is 0 Å². The quantitative estimate of drug-likeness (QED) is 0.466. The number of aromatic hydroxyl groups is 1. The molecular weight excluding hydrogens is 282 g/mol. The molecule has 0 saturated carbocycles. The smallest absolute Gasteiger partial charge is 1.00 e. The van der Waals surface area contributed by atoms with Crippen molar-refractivity contribution in [2.45, 2.75) is 0 Å². The van der Waals surface area contributed by atoms with Crippen LogP contribution in [0.1, 0.15) is 2.85 Å². The van der Waals surface area contributed by atoms with E-state index in [1.54, 1.807) is 0 Å². The molecule has 0 spiro atoms. The topological polar surface area (TPSA) is 181 Å². The fraction of sp³-hybridized carbons (Fsp3) is 0. The molecule has 12 heteroatoms. The van der Waals surface area contributed by atoms with Crippen LogP contribution in [0.4, 0.5) is 17.1 Å². The van der Waals surface area contributed by atoms with Gasteiger partial charge in [0.05, 0.1) is 26.9 Å². The number of phenols is 1. The average molecular weight is 289 g/mol. The second-order valence-corrected chi connectivity index (χ2v) is 2.60. The Bertz CT molecular complexity index is 478. The number of hydrogen-bond acceptors (Lipinski definition) is 7. The van der Waals surface area contributed by atoms with Crippen LogP contribution in [0.2, 0.25) is 0 Å². The number of nitro benzene ring substituents is 3. The van der Waals surface area contributed by atoms with E-state index >= 15 is 0 Å². The molecule has 3 N–H and O–H groups in total. The summed E-state index contributed by atoms with van der Waals surface area (Å²) in [4.78, 5) is 27.8. The minimum atomic E-state index is -1.21. The predicted molar refractivity (Wildman–Crippen MR) is 59.7 cm³/mol. The van der Waals surface area contributed by atoms with E-state index in [0.29, 0.717) is 12.1 Å². The first-order valence-corrected chi connectivity index (χ1v) is 3.64. The van der Waals surface area contributed by atoms with Crippen LogP contribution in [-0.2, 0) is 0 Å². The number of nitrogens with zero attached hydrogens (tertiary/aromatic N) is 3. The monoisotopic (exact) mass is 289 g/mol. The fourth-order valence-electron chi connectivity index (χ4n) is 0.974. The van der Waals surface area contributed by atoms with E-state index in [9.17, 15) is 30.3 Å². The van der Waals surface area contributed by atoms with Crippen LogP contribution in [0.5, 0.6) is 5.75 Å². The summed E-state index contributed by atoms with van der Waals surface area (Å²) in [5, 5.41) is 40.2. The first kappa shape index (κ1) is 18.8. The largest absolute Gasteiger partial charge is 2.00 e. The van der Waals surface area contributed by atoms with Crippen LogP contribution in [-0.4, -0.2) is 63.1 Å². The van der Waals surface area contributed by atoms with Gasteiger partial charge in [-0.1, -0.05) is 0 Å². The number of non-ortho nitro benzene ring substituents is 1. The van der Waals surface area contributed by atoms with Crippen molar-refractivity contribution in [1.29, 1.82) is 0 Å². The molecule has 18 heavy (non-hydrogen) atoms. The zero-order chi connectivity index (χ0) is 12.5. The van der Waals surface area contributed by atoms with E-state index in [4.69, 9.17) is 5.11 Å². The van der Waals surface area contributed by atoms with Crippen LogP contribution in [0.25, 0.3) is 0 Å². The molecular formula is C6H7CaN3O8. The van der Waals surface area contributed by atoms with Gasteiger partial charge in [-0.25, -0.2) is 0 Å². The van der Waals surface area contributed by atoms with Gasteiger partial charge < -0.3 is 13.4 Å². The van der Waals surface area contributed by atoms with Crippen LogP contribution in [0.15, 0.2) is 12.1 Å². The normalized spacial score (nSPS) is 8.67. The summed E-state index contributed by atoms with van der Waals surface area (Å²) in [5.74, 6) is -1.21. The standard InChI is InChI=1S/C6H3N3O7.Ca.H2O.2H/c10-6-4(8(13)14)1-3(7(11)12)2-5(6)9(15)16;;;;/h1-2,10H;;1H2;;/q;+2;;2*-1. The molecule has 0 aliphatic heterocycles. The number of benzene rings is 1. The van der Waals surface area contributed by atoms with E-state index < -0.39 is 37.6 Å². The van der Waals surface area contributed by atoms with E-state index in [1.807, 2.05) is 0 Å². The van der Waals surface area contributed by atoms with Crippen LogP contribution < -0.4 is 0 Å². The second kappa shape index (κ2) is 7.00. The molecule has 0 bridgehead atoms. The van der Waals surface area contributed by atoms with Crippen molar-refractivity contribution in [3.63, 3.8) is 0 Å². The molecule has 0 atom stereocenters. The van der Waals surface area contributed by atoms with E-state index in [0.717, 1.165) is 0 Å². The molecule has 1 aromatic carbocycles. The molecule has 0 aliphatic carbocycles. The third kappa shape index (κ3) is 3.73. The first-order chi connectivity index (χ1) is 7.34. The summed E-state index contributed by atoms with van der Waals surface area (Å²) in [6.07, 6.45) is 0. The van der Waals surface area contributed by atoms with Gasteiger partial charge in [-0.3, -0.25) is 30.3 Å². The molecule has 0 aromatic heterocycles. The van der Waals surface area contributed by atoms with Gasteiger partial charge in [-0.05, 0) is 0 Å². The Morgan fingerprint density at radius 3 is 1.50 bits per heavy atom. The number of hydrogen-bond donors (Lipinski definition) is 1. The zero-order valence-corrected chi connectivity index (χ0v) is 10.8. The predicted octanol–water partition coefficient (Wildman–Crippen LogP) is 0.136. The Morgan fingerprint density at radius 1 is 0.944 bits per heavy atom. The van der Waals surface area contributed by atoms with Gasteiger partial charge in [-0.2, -0.15) is 0 Å². The number of nitro groups is 3. The molecule has 0 radical (unpaired) electrons. The molecule has 0 saturated heterocycles.